The molecule has 18 heavy (non-hydrogen) atoms. The second-order valence-electron chi connectivity index (χ2n) is 4.50. The molecule has 1 aromatic rings. The Morgan fingerprint density at radius 3 is 2.67 bits per heavy atom. The first-order valence-electron chi connectivity index (χ1n) is 5.79. The molecule has 0 amide bonds. The molecule has 96 valence electrons. The Bertz CT molecular complexity index is 458. The average molecular weight is 254 g/mol. The minimum Gasteiger partial charge on any atom is -0.290 e. The normalized spacial score (nSPS) is 17.2. The van der Waals surface area contributed by atoms with Crippen LogP contribution in [0, 0.1) is 11.3 Å². The minimum absolute atomic E-state index is 0.520. The lowest BCUT2D eigenvalue weighted by molar-refractivity contribution is -0.125. The molecule has 1 unspecified atom stereocenters. The van der Waals surface area contributed by atoms with Crippen LogP contribution in [0.4, 0.5) is 13.2 Å². The van der Waals surface area contributed by atoms with Gasteiger partial charge in [-0.1, -0.05) is 24.3 Å². The highest BCUT2D eigenvalue weighted by Crippen LogP contribution is 2.40. The quantitative estimate of drug-likeness (QED) is 0.895. The zero-order chi connectivity index (χ0) is 13.2. The molecule has 1 aromatic carbocycles. The molecule has 2 nitrogen and oxygen atoms in total. The van der Waals surface area contributed by atoms with E-state index in [9.17, 15) is 13.2 Å². The van der Waals surface area contributed by atoms with Gasteiger partial charge in [0.25, 0.3) is 0 Å². The number of hydrogen-bond donors (Lipinski definition) is 1. The van der Waals surface area contributed by atoms with E-state index in [0.717, 1.165) is 18.4 Å². The van der Waals surface area contributed by atoms with E-state index < -0.39 is 18.8 Å². The molecule has 1 aliphatic carbocycles. The van der Waals surface area contributed by atoms with Crippen LogP contribution in [0.1, 0.15) is 35.9 Å². The zero-order valence-electron chi connectivity index (χ0n) is 9.67. The standard InChI is InChI=1S/C13H13F3N2/c14-13(15,16)8-18-12(7-17)11-3-1-2-10(6-11)9-4-5-9/h1-3,6,9,12,18H,4-5,8H2. The summed E-state index contributed by atoms with van der Waals surface area (Å²) in [6.07, 6.45) is -2.06. The smallest absolute Gasteiger partial charge is 0.290 e. The van der Waals surface area contributed by atoms with Crippen LogP contribution in [0.5, 0.6) is 0 Å². The number of nitriles is 1. The van der Waals surface area contributed by atoms with Gasteiger partial charge < -0.3 is 0 Å². The van der Waals surface area contributed by atoms with Crippen molar-refractivity contribution in [3.05, 3.63) is 35.4 Å². The lowest BCUT2D eigenvalue weighted by Gasteiger charge is -2.14. The molecule has 1 fully saturated rings. The Hall–Kier alpha value is -1.54. The molecular formula is C13H13F3N2. The van der Waals surface area contributed by atoms with Gasteiger partial charge in [0.15, 0.2) is 0 Å². The van der Waals surface area contributed by atoms with Crippen LogP contribution in [0.15, 0.2) is 24.3 Å². The van der Waals surface area contributed by atoms with Crippen LogP contribution < -0.4 is 5.32 Å². The molecule has 0 bridgehead atoms. The van der Waals surface area contributed by atoms with Crippen molar-refractivity contribution in [3.63, 3.8) is 0 Å². The number of rotatable bonds is 4. The maximum Gasteiger partial charge on any atom is 0.401 e. The highest BCUT2D eigenvalue weighted by molar-refractivity contribution is 5.33. The molecule has 0 radical (unpaired) electrons. The molecule has 0 aromatic heterocycles. The van der Waals surface area contributed by atoms with Crippen molar-refractivity contribution in [2.75, 3.05) is 6.54 Å². The van der Waals surface area contributed by atoms with Gasteiger partial charge in [0.05, 0.1) is 12.6 Å². The van der Waals surface area contributed by atoms with Crippen LogP contribution in [0.2, 0.25) is 0 Å². The third kappa shape index (κ3) is 3.47. The number of nitrogens with zero attached hydrogens (tertiary/aromatic N) is 1. The Morgan fingerprint density at radius 2 is 2.11 bits per heavy atom. The lowest BCUT2D eigenvalue weighted by atomic mass is 10.0. The molecular weight excluding hydrogens is 241 g/mol. The summed E-state index contributed by atoms with van der Waals surface area (Å²) in [5.74, 6) is 0.520. The summed E-state index contributed by atoms with van der Waals surface area (Å²) in [7, 11) is 0. The summed E-state index contributed by atoms with van der Waals surface area (Å²) in [5, 5.41) is 11.2. The Kier molecular flexibility index (Phi) is 3.58. The van der Waals surface area contributed by atoms with E-state index in [-0.39, 0.29) is 0 Å². The number of alkyl halides is 3. The predicted octanol–water partition coefficient (Wildman–Crippen LogP) is 3.28. The van der Waals surface area contributed by atoms with Gasteiger partial charge in [-0.2, -0.15) is 18.4 Å². The van der Waals surface area contributed by atoms with E-state index in [0.29, 0.717) is 11.5 Å². The highest BCUT2D eigenvalue weighted by Gasteiger charge is 2.29. The van der Waals surface area contributed by atoms with E-state index in [1.807, 2.05) is 18.2 Å². The first kappa shape index (κ1) is 12.9. The fourth-order valence-corrected chi connectivity index (χ4v) is 1.86. The van der Waals surface area contributed by atoms with E-state index in [1.165, 1.54) is 0 Å². The molecule has 0 saturated heterocycles. The average Bonchev–Trinajstić information content (AvgIpc) is 3.12. The second kappa shape index (κ2) is 4.99. The van der Waals surface area contributed by atoms with Gasteiger partial charge in [0.1, 0.15) is 6.04 Å². The monoisotopic (exact) mass is 254 g/mol. The fourth-order valence-electron chi connectivity index (χ4n) is 1.86. The van der Waals surface area contributed by atoms with E-state index in [1.54, 1.807) is 12.1 Å². The van der Waals surface area contributed by atoms with Crippen LogP contribution in [0.3, 0.4) is 0 Å². The second-order valence-corrected chi connectivity index (χ2v) is 4.50. The number of halogens is 3. The fraction of sp³-hybridized carbons (Fsp3) is 0.462. The molecule has 1 atom stereocenters. The first-order chi connectivity index (χ1) is 8.49. The van der Waals surface area contributed by atoms with E-state index in [4.69, 9.17) is 5.26 Å². The van der Waals surface area contributed by atoms with Gasteiger partial charge in [0, 0.05) is 0 Å². The van der Waals surface area contributed by atoms with Gasteiger partial charge in [-0.15, -0.1) is 0 Å². The van der Waals surface area contributed by atoms with Crippen molar-refractivity contribution in [1.29, 1.82) is 5.26 Å². The van der Waals surface area contributed by atoms with Gasteiger partial charge in [-0.3, -0.25) is 5.32 Å². The summed E-state index contributed by atoms with van der Waals surface area (Å²) in [4.78, 5) is 0. The number of nitrogens with one attached hydrogen (secondary N) is 1. The van der Waals surface area contributed by atoms with Crippen molar-refractivity contribution in [3.8, 4) is 6.07 Å². The summed E-state index contributed by atoms with van der Waals surface area (Å²) >= 11 is 0. The third-order valence-corrected chi connectivity index (χ3v) is 2.93. The van der Waals surface area contributed by atoms with E-state index in [2.05, 4.69) is 5.32 Å². The van der Waals surface area contributed by atoms with Crippen LogP contribution in [-0.2, 0) is 0 Å². The van der Waals surface area contributed by atoms with Gasteiger partial charge in [-0.05, 0) is 29.9 Å². The molecule has 0 aliphatic heterocycles. The van der Waals surface area contributed by atoms with Crippen molar-refractivity contribution in [2.24, 2.45) is 0 Å². The number of benzene rings is 1. The first-order valence-corrected chi connectivity index (χ1v) is 5.79. The summed E-state index contributed by atoms with van der Waals surface area (Å²) in [5.41, 5.74) is 1.72. The molecule has 0 spiro atoms. The molecule has 2 rings (SSSR count). The largest absolute Gasteiger partial charge is 0.401 e. The molecule has 1 saturated carbocycles. The van der Waals surface area contributed by atoms with Crippen molar-refractivity contribution >= 4 is 0 Å². The number of hydrogen-bond acceptors (Lipinski definition) is 2. The highest BCUT2D eigenvalue weighted by atomic mass is 19.4. The van der Waals surface area contributed by atoms with Crippen LogP contribution in [-0.4, -0.2) is 12.7 Å². The summed E-state index contributed by atoms with van der Waals surface area (Å²) in [6, 6.07) is 8.22. The lowest BCUT2D eigenvalue weighted by Crippen LogP contribution is -2.31. The molecule has 0 heterocycles. The van der Waals surface area contributed by atoms with Crippen molar-refractivity contribution < 1.29 is 13.2 Å². The maximum absolute atomic E-state index is 12.1. The van der Waals surface area contributed by atoms with Crippen molar-refractivity contribution in [1.82, 2.24) is 5.32 Å². The van der Waals surface area contributed by atoms with E-state index >= 15 is 0 Å². The van der Waals surface area contributed by atoms with Crippen molar-refractivity contribution in [2.45, 2.75) is 31.0 Å². The maximum atomic E-state index is 12.1. The van der Waals surface area contributed by atoms with Crippen LogP contribution in [0.25, 0.3) is 0 Å². The Labute approximate surface area is 103 Å². The topological polar surface area (TPSA) is 35.8 Å². The molecule has 1 aliphatic rings. The Balaban J connectivity index is 2.07. The van der Waals surface area contributed by atoms with Gasteiger partial charge in [-0.25, -0.2) is 0 Å². The minimum atomic E-state index is -4.30. The molecule has 1 N–H and O–H groups in total. The summed E-state index contributed by atoms with van der Waals surface area (Å²) < 4.78 is 36.3. The third-order valence-electron chi connectivity index (χ3n) is 2.93. The Morgan fingerprint density at radius 1 is 1.39 bits per heavy atom. The van der Waals surface area contributed by atoms with Gasteiger partial charge >= 0.3 is 6.18 Å². The zero-order valence-corrected chi connectivity index (χ0v) is 9.67. The van der Waals surface area contributed by atoms with Crippen LogP contribution >= 0.6 is 0 Å². The summed E-state index contributed by atoms with van der Waals surface area (Å²) in [6.45, 7) is -1.15. The SMILES string of the molecule is N#CC(NCC(F)(F)F)c1cccc(C2CC2)c1. The van der Waals surface area contributed by atoms with Gasteiger partial charge in [0.2, 0.25) is 0 Å². The predicted molar refractivity (Wildman–Crippen MR) is 60.8 cm³/mol. The molecule has 5 heteroatoms.